The average Bonchev–Trinajstić information content (AvgIpc) is 2.04. The Morgan fingerprint density at radius 1 is 1.64 bits per heavy atom. The van der Waals surface area contributed by atoms with Crippen LogP contribution in [-0.4, -0.2) is 5.78 Å². The molecule has 0 bridgehead atoms. The molecule has 0 aromatic heterocycles. The molecule has 0 rings (SSSR count). The molecule has 0 aliphatic carbocycles. The van der Waals surface area contributed by atoms with Gasteiger partial charge < -0.3 is 0 Å². The number of carbonyl (C=O) groups excluding carboxylic acids is 1. The van der Waals surface area contributed by atoms with Gasteiger partial charge in [0.15, 0.2) is 5.78 Å². The molecule has 0 amide bonds. The summed E-state index contributed by atoms with van der Waals surface area (Å²) < 4.78 is 0. The Kier molecular flexibility index (Phi) is 4.85. The molecule has 0 atom stereocenters. The molecule has 0 fully saturated rings. The topological polar surface area (TPSA) is 17.1 Å². The number of hydrogen-bond donors (Lipinski definition) is 0. The van der Waals surface area contributed by atoms with Crippen molar-refractivity contribution in [2.45, 2.75) is 20.3 Å². The molecule has 0 aromatic rings. The molecule has 0 saturated heterocycles. The summed E-state index contributed by atoms with van der Waals surface area (Å²) in [4.78, 5) is 10.7. The maximum atomic E-state index is 10.7. The molecular weight excluding hydrogens is 136 g/mol. The fraction of sp³-hybridized carbons (Fsp3) is 0.300. The fourth-order valence-electron chi connectivity index (χ4n) is 0.466. The second kappa shape index (κ2) is 5.49. The van der Waals surface area contributed by atoms with Crippen LogP contribution in [0.25, 0.3) is 0 Å². The molecule has 0 unspecified atom stereocenters. The zero-order valence-electron chi connectivity index (χ0n) is 6.92. The number of allylic oxidation sites excluding steroid dienone is 4. The highest BCUT2D eigenvalue weighted by Crippen LogP contribution is 1.90. The first-order valence-electron chi connectivity index (χ1n) is 3.55. The number of hydrogen-bond acceptors (Lipinski definition) is 1. The van der Waals surface area contributed by atoms with Gasteiger partial charge in [-0.25, -0.2) is 0 Å². The van der Waals surface area contributed by atoms with Gasteiger partial charge in [0.25, 0.3) is 0 Å². The lowest BCUT2D eigenvalue weighted by Crippen LogP contribution is -1.85. The molecule has 0 heterocycles. The Morgan fingerprint density at radius 2 is 2.27 bits per heavy atom. The van der Waals surface area contributed by atoms with Gasteiger partial charge in [-0.3, -0.25) is 4.79 Å². The van der Waals surface area contributed by atoms with Gasteiger partial charge in [-0.1, -0.05) is 25.0 Å². The van der Waals surface area contributed by atoms with Gasteiger partial charge in [-0.15, -0.1) is 6.42 Å². The molecule has 58 valence electrons. The Labute approximate surface area is 67.8 Å². The Morgan fingerprint density at radius 3 is 2.73 bits per heavy atom. The molecule has 0 radical (unpaired) electrons. The summed E-state index contributed by atoms with van der Waals surface area (Å²) in [6.45, 7) is 3.64. The predicted molar refractivity (Wildman–Crippen MR) is 47.0 cm³/mol. The van der Waals surface area contributed by atoms with Gasteiger partial charge in [0.2, 0.25) is 0 Å². The molecule has 0 aromatic carbocycles. The molecule has 1 heteroatoms. The highest BCUT2D eigenvalue weighted by atomic mass is 16.1. The lowest BCUT2D eigenvalue weighted by atomic mass is 10.2. The van der Waals surface area contributed by atoms with Gasteiger partial charge in [0, 0.05) is 6.42 Å². The third kappa shape index (κ3) is 5.17. The number of terminal acetylenes is 1. The zero-order valence-corrected chi connectivity index (χ0v) is 6.92. The van der Waals surface area contributed by atoms with Gasteiger partial charge >= 0.3 is 0 Å². The van der Waals surface area contributed by atoms with Gasteiger partial charge in [0.05, 0.1) is 0 Å². The quantitative estimate of drug-likeness (QED) is 0.340. The zero-order chi connectivity index (χ0) is 8.69. The van der Waals surface area contributed by atoms with Crippen molar-refractivity contribution >= 4 is 5.78 Å². The predicted octanol–water partition coefficient (Wildman–Crippen LogP) is 2.10. The van der Waals surface area contributed by atoms with Crippen molar-refractivity contribution in [3.8, 4) is 12.3 Å². The van der Waals surface area contributed by atoms with Crippen LogP contribution in [0.2, 0.25) is 0 Å². The van der Waals surface area contributed by atoms with Crippen LogP contribution in [0.4, 0.5) is 0 Å². The first kappa shape index (κ1) is 9.71. The lowest BCUT2D eigenvalue weighted by molar-refractivity contribution is -0.114. The van der Waals surface area contributed by atoms with E-state index < -0.39 is 0 Å². The second-order valence-corrected chi connectivity index (χ2v) is 2.17. The van der Waals surface area contributed by atoms with Crippen molar-refractivity contribution in [1.29, 1.82) is 0 Å². The van der Waals surface area contributed by atoms with E-state index in [0.29, 0.717) is 6.42 Å². The Bertz CT molecular complexity index is 226. The van der Waals surface area contributed by atoms with Gasteiger partial charge in [-0.05, 0) is 18.6 Å². The first-order chi connectivity index (χ1) is 5.20. The minimum absolute atomic E-state index is 0.117. The van der Waals surface area contributed by atoms with E-state index >= 15 is 0 Å². The first-order valence-corrected chi connectivity index (χ1v) is 3.55. The van der Waals surface area contributed by atoms with Crippen LogP contribution in [0.3, 0.4) is 0 Å². The van der Waals surface area contributed by atoms with E-state index in [1.54, 1.807) is 12.2 Å². The summed E-state index contributed by atoms with van der Waals surface area (Å²) in [6.07, 6.45) is 10.6. The average molecular weight is 148 g/mol. The third-order valence-corrected chi connectivity index (χ3v) is 1.20. The lowest BCUT2D eigenvalue weighted by Gasteiger charge is -1.83. The summed E-state index contributed by atoms with van der Waals surface area (Å²) in [7, 11) is 0. The van der Waals surface area contributed by atoms with E-state index in [-0.39, 0.29) is 5.78 Å². The number of carbonyl (C=O) groups is 1. The minimum atomic E-state index is 0.117. The fourth-order valence-corrected chi connectivity index (χ4v) is 0.466. The highest BCUT2D eigenvalue weighted by Gasteiger charge is 1.86. The maximum Gasteiger partial charge on any atom is 0.155 e. The van der Waals surface area contributed by atoms with Crippen molar-refractivity contribution in [2.75, 3.05) is 0 Å². The van der Waals surface area contributed by atoms with Gasteiger partial charge in [-0.2, -0.15) is 0 Å². The van der Waals surface area contributed by atoms with Crippen LogP contribution >= 0.6 is 0 Å². The summed E-state index contributed by atoms with van der Waals surface area (Å²) in [5.74, 6) is 2.57. The number of rotatable bonds is 3. The minimum Gasteiger partial charge on any atom is -0.295 e. The van der Waals surface area contributed by atoms with Crippen LogP contribution in [0.15, 0.2) is 23.8 Å². The van der Waals surface area contributed by atoms with Crippen LogP contribution in [0.5, 0.6) is 0 Å². The summed E-state index contributed by atoms with van der Waals surface area (Å²) in [6, 6.07) is 0. The Balaban J connectivity index is 3.98. The van der Waals surface area contributed by atoms with E-state index in [4.69, 9.17) is 6.42 Å². The van der Waals surface area contributed by atoms with E-state index in [0.717, 1.165) is 5.57 Å². The monoisotopic (exact) mass is 148 g/mol. The second-order valence-electron chi connectivity index (χ2n) is 2.17. The smallest absolute Gasteiger partial charge is 0.155 e. The van der Waals surface area contributed by atoms with Crippen molar-refractivity contribution < 1.29 is 4.79 Å². The SMILES string of the molecule is C#C/C(C)=C\C=C\C(=O)CC. The van der Waals surface area contributed by atoms with Crippen LogP contribution < -0.4 is 0 Å². The molecular formula is C10H12O. The van der Waals surface area contributed by atoms with Crippen molar-refractivity contribution in [1.82, 2.24) is 0 Å². The van der Waals surface area contributed by atoms with Crippen LogP contribution in [-0.2, 0) is 4.79 Å². The highest BCUT2D eigenvalue weighted by molar-refractivity contribution is 5.89. The van der Waals surface area contributed by atoms with Crippen molar-refractivity contribution in [3.63, 3.8) is 0 Å². The summed E-state index contributed by atoms with van der Waals surface area (Å²) >= 11 is 0. The summed E-state index contributed by atoms with van der Waals surface area (Å²) in [5.41, 5.74) is 0.824. The number of ketones is 1. The third-order valence-electron chi connectivity index (χ3n) is 1.20. The molecule has 0 N–H and O–H groups in total. The van der Waals surface area contributed by atoms with E-state index in [1.807, 2.05) is 13.8 Å². The van der Waals surface area contributed by atoms with Crippen LogP contribution in [0, 0.1) is 12.3 Å². The standard InChI is InChI=1S/C10H12O/c1-4-9(3)7-6-8-10(11)5-2/h1,6-8H,5H2,2-3H3/b8-6+,9-7-. The summed E-state index contributed by atoms with van der Waals surface area (Å²) in [5, 5.41) is 0. The molecule has 0 spiro atoms. The molecule has 11 heavy (non-hydrogen) atoms. The van der Waals surface area contributed by atoms with E-state index in [1.165, 1.54) is 6.08 Å². The van der Waals surface area contributed by atoms with E-state index in [9.17, 15) is 4.79 Å². The van der Waals surface area contributed by atoms with E-state index in [2.05, 4.69) is 5.92 Å². The van der Waals surface area contributed by atoms with Crippen LogP contribution in [0.1, 0.15) is 20.3 Å². The largest absolute Gasteiger partial charge is 0.295 e. The van der Waals surface area contributed by atoms with Crippen molar-refractivity contribution in [3.05, 3.63) is 23.8 Å². The van der Waals surface area contributed by atoms with Gasteiger partial charge in [0.1, 0.15) is 0 Å². The molecule has 0 aliphatic heterocycles. The molecule has 1 nitrogen and oxygen atoms in total. The maximum absolute atomic E-state index is 10.7. The Hall–Kier alpha value is -1.29. The van der Waals surface area contributed by atoms with Crippen molar-refractivity contribution in [2.24, 2.45) is 0 Å². The normalized spacial score (nSPS) is 11.5. The molecule has 0 aliphatic rings. The molecule has 0 saturated carbocycles.